The summed E-state index contributed by atoms with van der Waals surface area (Å²) in [5.41, 5.74) is 2.19. The Morgan fingerprint density at radius 1 is 1.03 bits per heavy atom. The van der Waals surface area contributed by atoms with Crippen molar-refractivity contribution in [3.05, 3.63) is 66.0 Å². The Hall–Kier alpha value is -2.84. The monoisotopic (exact) mass is 465 g/mol. The predicted octanol–water partition coefficient (Wildman–Crippen LogP) is 3.71. The molecule has 8 heteroatoms. The van der Waals surface area contributed by atoms with E-state index in [1.165, 1.54) is 31.0 Å². The minimum atomic E-state index is -0.00583. The molecule has 1 fully saturated rings. The van der Waals surface area contributed by atoms with E-state index in [0.717, 1.165) is 54.0 Å². The molecule has 174 valence electrons. The third kappa shape index (κ3) is 6.58. The number of thioether (sulfide) groups is 1. The molecule has 7 nitrogen and oxygen atoms in total. The fourth-order valence-corrected chi connectivity index (χ4v) is 4.77. The molecule has 2 aromatic carbocycles. The molecule has 0 aliphatic carbocycles. The number of amides is 1. The Balaban J connectivity index is 1.35. The van der Waals surface area contributed by atoms with Gasteiger partial charge >= 0.3 is 0 Å². The molecular weight excluding hydrogens is 434 g/mol. The first-order valence-corrected chi connectivity index (χ1v) is 12.5. The minimum Gasteiger partial charge on any atom is -0.497 e. The van der Waals surface area contributed by atoms with Gasteiger partial charge in [0.25, 0.3) is 0 Å². The van der Waals surface area contributed by atoms with Gasteiger partial charge in [-0.1, -0.05) is 48.5 Å². The summed E-state index contributed by atoms with van der Waals surface area (Å²) in [5.74, 6) is 2.05. The second-order valence-corrected chi connectivity index (χ2v) is 9.09. The number of likely N-dealkylation sites (tertiary alicyclic amines) is 1. The zero-order valence-electron chi connectivity index (χ0n) is 19.1. The van der Waals surface area contributed by atoms with Gasteiger partial charge in [0.2, 0.25) is 5.91 Å². The van der Waals surface area contributed by atoms with E-state index in [0.29, 0.717) is 12.3 Å². The molecule has 1 aliphatic rings. The van der Waals surface area contributed by atoms with Gasteiger partial charge in [-0.3, -0.25) is 14.3 Å². The molecule has 0 spiro atoms. The van der Waals surface area contributed by atoms with E-state index in [-0.39, 0.29) is 5.91 Å². The number of nitrogens with zero attached hydrogens (tertiary/aromatic N) is 4. The molecule has 1 aromatic heterocycles. The lowest BCUT2D eigenvalue weighted by Gasteiger charge is -2.26. The summed E-state index contributed by atoms with van der Waals surface area (Å²) in [7, 11) is 1.65. The summed E-state index contributed by atoms with van der Waals surface area (Å²) in [4.78, 5) is 14.9. The molecule has 0 radical (unpaired) electrons. The fraction of sp³-hybridized carbons (Fsp3) is 0.400. The summed E-state index contributed by atoms with van der Waals surface area (Å²) in [5, 5.41) is 12.7. The Morgan fingerprint density at radius 3 is 2.52 bits per heavy atom. The first kappa shape index (κ1) is 23.3. The van der Waals surface area contributed by atoms with Gasteiger partial charge in [0.1, 0.15) is 5.75 Å². The molecule has 0 atom stereocenters. The maximum atomic E-state index is 12.5. The van der Waals surface area contributed by atoms with Crippen molar-refractivity contribution >= 4 is 17.7 Å². The molecule has 2 heterocycles. The normalized spacial score (nSPS) is 14.2. The minimum absolute atomic E-state index is 0.00583. The smallest absolute Gasteiger partial charge is 0.230 e. The van der Waals surface area contributed by atoms with Crippen LogP contribution in [0.25, 0.3) is 5.69 Å². The Morgan fingerprint density at radius 2 is 1.79 bits per heavy atom. The number of methoxy groups -OCH3 is 1. The Kier molecular flexibility index (Phi) is 8.38. The van der Waals surface area contributed by atoms with Crippen LogP contribution in [0.2, 0.25) is 0 Å². The highest BCUT2D eigenvalue weighted by molar-refractivity contribution is 7.99. The number of hydrogen-bond donors (Lipinski definition) is 1. The number of para-hydroxylation sites is 1. The average molecular weight is 466 g/mol. The van der Waals surface area contributed by atoms with E-state index in [9.17, 15) is 4.79 Å². The second-order valence-electron chi connectivity index (χ2n) is 8.14. The molecule has 0 unspecified atom stereocenters. The van der Waals surface area contributed by atoms with Crippen molar-refractivity contribution in [2.45, 2.75) is 37.4 Å². The number of nitrogens with one attached hydrogen (secondary N) is 1. The largest absolute Gasteiger partial charge is 0.497 e. The molecule has 33 heavy (non-hydrogen) atoms. The lowest BCUT2D eigenvalue weighted by molar-refractivity contribution is -0.118. The molecule has 1 saturated heterocycles. The van der Waals surface area contributed by atoms with Crippen LogP contribution < -0.4 is 10.1 Å². The topological polar surface area (TPSA) is 72.3 Å². The maximum absolute atomic E-state index is 12.5. The van der Waals surface area contributed by atoms with Crippen molar-refractivity contribution in [1.82, 2.24) is 25.0 Å². The number of carbonyl (C=O) groups is 1. The van der Waals surface area contributed by atoms with Crippen LogP contribution in [0, 0.1) is 0 Å². The number of carbonyl (C=O) groups excluding carboxylic acids is 1. The van der Waals surface area contributed by atoms with Gasteiger partial charge in [0.05, 0.1) is 19.4 Å². The predicted molar refractivity (Wildman–Crippen MR) is 131 cm³/mol. The van der Waals surface area contributed by atoms with E-state index in [2.05, 4.69) is 37.1 Å². The van der Waals surface area contributed by atoms with Crippen molar-refractivity contribution in [2.24, 2.45) is 0 Å². The molecule has 3 aromatic rings. The lowest BCUT2D eigenvalue weighted by Crippen LogP contribution is -2.30. The van der Waals surface area contributed by atoms with Crippen LogP contribution >= 0.6 is 11.8 Å². The van der Waals surface area contributed by atoms with Gasteiger partial charge in [0, 0.05) is 12.2 Å². The van der Waals surface area contributed by atoms with E-state index < -0.39 is 0 Å². The summed E-state index contributed by atoms with van der Waals surface area (Å²) >= 11 is 1.43. The Labute approximate surface area is 199 Å². The second kappa shape index (κ2) is 11.9. The van der Waals surface area contributed by atoms with Crippen molar-refractivity contribution in [3.8, 4) is 11.4 Å². The van der Waals surface area contributed by atoms with E-state index in [1.807, 2.05) is 42.5 Å². The fourth-order valence-electron chi connectivity index (χ4n) is 3.97. The third-order valence-electron chi connectivity index (χ3n) is 5.76. The standard InChI is InChI=1S/C25H31N5O2S/c1-32-22-12-10-20(11-13-22)14-15-26-24(31)19-33-25-28-27-23(18-29-16-6-3-7-17-29)30(25)21-8-4-2-5-9-21/h2,4-5,8-13H,3,6-7,14-19H2,1H3,(H,26,31). The molecular formula is C25H31N5O2S. The van der Waals surface area contributed by atoms with Crippen molar-refractivity contribution in [3.63, 3.8) is 0 Å². The highest BCUT2D eigenvalue weighted by Crippen LogP contribution is 2.23. The average Bonchev–Trinajstić information content (AvgIpc) is 3.26. The van der Waals surface area contributed by atoms with E-state index >= 15 is 0 Å². The van der Waals surface area contributed by atoms with Gasteiger partial charge in [-0.2, -0.15) is 0 Å². The van der Waals surface area contributed by atoms with Gasteiger partial charge in [-0.15, -0.1) is 10.2 Å². The molecule has 0 saturated carbocycles. The number of hydrogen-bond acceptors (Lipinski definition) is 6. The van der Waals surface area contributed by atoms with Crippen molar-refractivity contribution in [2.75, 3.05) is 32.5 Å². The lowest BCUT2D eigenvalue weighted by atomic mass is 10.1. The van der Waals surface area contributed by atoms with Gasteiger partial charge in [0.15, 0.2) is 11.0 Å². The first-order chi connectivity index (χ1) is 16.2. The number of piperidine rings is 1. The number of rotatable bonds is 10. The van der Waals surface area contributed by atoms with E-state index in [1.54, 1.807) is 7.11 Å². The number of benzene rings is 2. The zero-order chi connectivity index (χ0) is 22.9. The van der Waals surface area contributed by atoms with Gasteiger partial charge < -0.3 is 10.1 Å². The molecule has 1 amide bonds. The van der Waals surface area contributed by atoms with Crippen LogP contribution in [-0.2, 0) is 17.8 Å². The van der Waals surface area contributed by atoms with Crippen molar-refractivity contribution in [1.29, 1.82) is 0 Å². The Bertz CT molecular complexity index is 1020. The summed E-state index contributed by atoms with van der Waals surface area (Å²) in [6.07, 6.45) is 4.55. The SMILES string of the molecule is COc1ccc(CCNC(=O)CSc2nnc(CN3CCCCC3)n2-c2ccccc2)cc1. The van der Waals surface area contributed by atoms with Gasteiger partial charge in [-0.25, -0.2) is 0 Å². The van der Waals surface area contributed by atoms with E-state index in [4.69, 9.17) is 4.74 Å². The third-order valence-corrected chi connectivity index (χ3v) is 6.68. The summed E-state index contributed by atoms with van der Waals surface area (Å²) < 4.78 is 7.27. The maximum Gasteiger partial charge on any atom is 0.230 e. The van der Waals surface area contributed by atoms with Crippen LogP contribution in [0.3, 0.4) is 0 Å². The molecule has 1 aliphatic heterocycles. The van der Waals surface area contributed by atoms with Crippen LogP contribution in [0.5, 0.6) is 5.75 Å². The molecule has 1 N–H and O–H groups in total. The quantitative estimate of drug-likeness (QED) is 0.460. The molecule has 4 rings (SSSR count). The van der Waals surface area contributed by atoms with Crippen molar-refractivity contribution < 1.29 is 9.53 Å². The van der Waals surface area contributed by atoms with Crippen LogP contribution in [0.1, 0.15) is 30.7 Å². The summed E-state index contributed by atoms with van der Waals surface area (Å²) in [6, 6.07) is 18.1. The van der Waals surface area contributed by atoms with Crippen LogP contribution in [0.15, 0.2) is 59.8 Å². The van der Waals surface area contributed by atoms with Crippen LogP contribution in [-0.4, -0.2) is 58.1 Å². The molecule has 0 bridgehead atoms. The number of ether oxygens (including phenoxy) is 1. The zero-order valence-corrected chi connectivity index (χ0v) is 19.9. The number of aromatic nitrogens is 3. The highest BCUT2D eigenvalue weighted by Gasteiger charge is 2.19. The van der Waals surface area contributed by atoms with Gasteiger partial charge in [-0.05, 0) is 62.2 Å². The first-order valence-electron chi connectivity index (χ1n) is 11.5. The van der Waals surface area contributed by atoms with Crippen LogP contribution in [0.4, 0.5) is 0 Å². The summed E-state index contributed by atoms with van der Waals surface area (Å²) in [6.45, 7) is 3.56. The highest BCUT2D eigenvalue weighted by atomic mass is 32.2.